The molecule has 1 heterocycles. The van der Waals surface area contributed by atoms with Crippen LogP contribution in [0.4, 0.5) is 0 Å². The van der Waals surface area contributed by atoms with Crippen LogP contribution in [-0.2, 0) is 25.5 Å². The van der Waals surface area contributed by atoms with E-state index in [4.69, 9.17) is 0 Å². The zero-order valence-corrected chi connectivity index (χ0v) is 11.3. The summed E-state index contributed by atoms with van der Waals surface area (Å²) in [6.07, 6.45) is 1.04. The zero-order valence-electron chi connectivity index (χ0n) is 11.3. The van der Waals surface area contributed by atoms with Crippen LogP contribution in [0.5, 0.6) is 0 Å². The lowest BCUT2D eigenvalue weighted by molar-refractivity contribution is -0.171. The van der Waals surface area contributed by atoms with E-state index in [9.17, 15) is 14.4 Å². The molecule has 1 saturated heterocycles. The van der Waals surface area contributed by atoms with Crippen LogP contribution in [0, 0.1) is 0 Å². The van der Waals surface area contributed by atoms with Gasteiger partial charge >= 0.3 is 11.9 Å². The van der Waals surface area contributed by atoms with Crippen LogP contribution < -0.4 is 5.32 Å². The second kappa shape index (κ2) is 5.86. The molecular formula is C15H17NO4. The molecule has 0 unspecified atom stereocenters. The minimum absolute atomic E-state index is 0.144. The third-order valence-electron chi connectivity index (χ3n) is 3.54. The fraction of sp³-hybridized carbons (Fsp3) is 0.400. The molecule has 0 aliphatic carbocycles. The minimum atomic E-state index is -1.07. The lowest BCUT2D eigenvalue weighted by Crippen LogP contribution is -2.58. The molecule has 0 spiro atoms. The van der Waals surface area contributed by atoms with E-state index in [2.05, 4.69) is 10.1 Å². The Morgan fingerprint density at radius 2 is 2.00 bits per heavy atom. The Morgan fingerprint density at radius 3 is 2.60 bits per heavy atom. The molecule has 1 aliphatic heterocycles. The largest absolute Gasteiger partial charge is 0.391 e. The quantitative estimate of drug-likeness (QED) is 0.665. The Balaban J connectivity index is 2.04. The maximum absolute atomic E-state index is 12.1. The molecule has 0 radical (unpaired) electrons. The smallest absolute Gasteiger partial charge is 0.339 e. The standard InChI is InChI=1S/C15H17NO4/c1-2-15(9-8-13(18)20-14(15)19)16-12(17)10-11-6-4-3-5-7-11/h3-7H,2,8-10H2,1H3,(H,16,17)/t15-/m0/s1. The van der Waals surface area contributed by atoms with Gasteiger partial charge in [-0.25, -0.2) is 4.79 Å². The highest BCUT2D eigenvalue weighted by atomic mass is 16.6. The second-order valence-electron chi connectivity index (χ2n) is 4.91. The van der Waals surface area contributed by atoms with Crippen molar-refractivity contribution < 1.29 is 19.1 Å². The van der Waals surface area contributed by atoms with Gasteiger partial charge in [0.1, 0.15) is 5.54 Å². The van der Waals surface area contributed by atoms with Gasteiger partial charge in [-0.15, -0.1) is 0 Å². The number of amides is 1. The molecule has 0 bridgehead atoms. The van der Waals surface area contributed by atoms with E-state index in [1.165, 1.54) is 0 Å². The first-order valence-electron chi connectivity index (χ1n) is 6.66. The summed E-state index contributed by atoms with van der Waals surface area (Å²) < 4.78 is 4.65. The zero-order chi connectivity index (χ0) is 14.6. The van der Waals surface area contributed by atoms with Crippen molar-refractivity contribution in [3.63, 3.8) is 0 Å². The van der Waals surface area contributed by atoms with Gasteiger partial charge in [-0.2, -0.15) is 0 Å². The van der Waals surface area contributed by atoms with Crippen molar-refractivity contribution >= 4 is 17.8 Å². The summed E-state index contributed by atoms with van der Waals surface area (Å²) in [6, 6.07) is 9.28. The van der Waals surface area contributed by atoms with Gasteiger partial charge in [-0.1, -0.05) is 37.3 Å². The van der Waals surface area contributed by atoms with E-state index in [-0.39, 0.29) is 18.7 Å². The fourth-order valence-corrected chi connectivity index (χ4v) is 2.28. The summed E-state index contributed by atoms with van der Waals surface area (Å²) in [4.78, 5) is 35.1. The van der Waals surface area contributed by atoms with Gasteiger partial charge in [0, 0.05) is 6.42 Å². The van der Waals surface area contributed by atoms with Crippen molar-refractivity contribution in [1.29, 1.82) is 0 Å². The predicted octanol–water partition coefficient (Wildman–Crippen LogP) is 1.36. The van der Waals surface area contributed by atoms with Crippen LogP contribution in [0.1, 0.15) is 31.7 Å². The van der Waals surface area contributed by atoms with Crippen LogP contribution in [-0.4, -0.2) is 23.4 Å². The van der Waals surface area contributed by atoms with Gasteiger partial charge in [0.2, 0.25) is 5.91 Å². The number of cyclic esters (lactones) is 2. The van der Waals surface area contributed by atoms with Crippen LogP contribution in [0.15, 0.2) is 30.3 Å². The third-order valence-corrected chi connectivity index (χ3v) is 3.54. The SMILES string of the molecule is CC[C@]1(NC(=O)Cc2ccccc2)CCC(=O)OC1=O. The number of rotatable bonds is 4. The lowest BCUT2D eigenvalue weighted by Gasteiger charge is -2.33. The van der Waals surface area contributed by atoms with E-state index in [1.54, 1.807) is 6.92 Å². The highest BCUT2D eigenvalue weighted by Crippen LogP contribution is 2.25. The van der Waals surface area contributed by atoms with E-state index in [0.717, 1.165) is 5.56 Å². The molecular weight excluding hydrogens is 258 g/mol. The first-order chi connectivity index (χ1) is 9.55. The Hall–Kier alpha value is -2.17. The van der Waals surface area contributed by atoms with E-state index < -0.39 is 17.5 Å². The number of esters is 2. The predicted molar refractivity (Wildman–Crippen MR) is 71.6 cm³/mol. The van der Waals surface area contributed by atoms with Crippen molar-refractivity contribution in [1.82, 2.24) is 5.32 Å². The monoisotopic (exact) mass is 275 g/mol. The molecule has 1 aromatic carbocycles. The number of carbonyl (C=O) groups excluding carboxylic acids is 3. The molecule has 5 nitrogen and oxygen atoms in total. The molecule has 5 heteroatoms. The first-order valence-corrected chi connectivity index (χ1v) is 6.66. The second-order valence-corrected chi connectivity index (χ2v) is 4.91. The van der Waals surface area contributed by atoms with Gasteiger partial charge in [-0.05, 0) is 18.4 Å². The molecule has 1 fully saturated rings. The van der Waals surface area contributed by atoms with Crippen molar-refractivity contribution in [3.05, 3.63) is 35.9 Å². The summed E-state index contributed by atoms with van der Waals surface area (Å²) in [7, 11) is 0. The summed E-state index contributed by atoms with van der Waals surface area (Å²) in [5.41, 5.74) is -0.198. The molecule has 106 valence electrons. The minimum Gasteiger partial charge on any atom is -0.391 e. The Bertz CT molecular complexity index is 526. The average Bonchev–Trinajstić information content (AvgIpc) is 2.43. The van der Waals surface area contributed by atoms with E-state index >= 15 is 0 Å². The molecule has 0 aromatic heterocycles. The lowest BCUT2D eigenvalue weighted by atomic mass is 9.88. The molecule has 1 amide bonds. The highest BCUT2D eigenvalue weighted by Gasteiger charge is 2.44. The Labute approximate surface area is 117 Å². The van der Waals surface area contributed by atoms with Gasteiger partial charge in [0.05, 0.1) is 6.42 Å². The van der Waals surface area contributed by atoms with Crippen LogP contribution in [0.25, 0.3) is 0 Å². The maximum Gasteiger partial charge on any atom is 0.339 e. The van der Waals surface area contributed by atoms with Gasteiger partial charge in [-0.3, -0.25) is 9.59 Å². The highest BCUT2D eigenvalue weighted by molar-refractivity contribution is 5.97. The first kappa shape index (κ1) is 14.2. The Kier molecular flexibility index (Phi) is 4.17. The van der Waals surface area contributed by atoms with Crippen LogP contribution >= 0.6 is 0 Å². The molecule has 1 atom stereocenters. The number of hydrogen-bond acceptors (Lipinski definition) is 4. The average molecular weight is 275 g/mol. The third kappa shape index (κ3) is 3.04. The summed E-state index contributed by atoms with van der Waals surface area (Å²) in [5, 5.41) is 2.74. The molecule has 0 saturated carbocycles. The molecule has 1 aliphatic rings. The summed E-state index contributed by atoms with van der Waals surface area (Å²) >= 11 is 0. The van der Waals surface area contributed by atoms with Gasteiger partial charge in [0.15, 0.2) is 0 Å². The van der Waals surface area contributed by atoms with Crippen molar-refractivity contribution in [2.24, 2.45) is 0 Å². The topological polar surface area (TPSA) is 72.5 Å². The summed E-state index contributed by atoms with van der Waals surface area (Å²) in [6.45, 7) is 1.79. The normalized spacial score (nSPS) is 22.2. The molecule has 1 aromatic rings. The Morgan fingerprint density at radius 1 is 1.30 bits per heavy atom. The molecule has 2 rings (SSSR count). The summed E-state index contributed by atoms with van der Waals surface area (Å²) in [5.74, 6) is -1.43. The number of benzene rings is 1. The fourth-order valence-electron chi connectivity index (χ4n) is 2.28. The number of nitrogens with one attached hydrogen (secondary N) is 1. The van der Waals surface area contributed by atoms with Crippen molar-refractivity contribution in [2.45, 2.75) is 38.1 Å². The molecule has 1 N–H and O–H groups in total. The maximum atomic E-state index is 12.1. The number of ether oxygens (including phenoxy) is 1. The number of carbonyl (C=O) groups is 3. The van der Waals surface area contributed by atoms with Crippen LogP contribution in [0.2, 0.25) is 0 Å². The van der Waals surface area contributed by atoms with E-state index in [0.29, 0.717) is 12.8 Å². The number of hydrogen-bond donors (Lipinski definition) is 1. The van der Waals surface area contributed by atoms with Crippen molar-refractivity contribution in [2.75, 3.05) is 0 Å². The van der Waals surface area contributed by atoms with Crippen molar-refractivity contribution in [3.8, 4) is 0 Å². The van der Waals surface area contributed by atoms with Gasteiger partial charge in [0.25, 0.3) is 0 Å². The van der Waals surface area contributed by atoms with Crippen LogP contribution in [0.3, 0.4) is 0 Å². The van der Waals surface area contributed by atoms with E-state index in [1.807, 2.05) is 30.3 Å². The molecule has 20 heavy (non-hydrogen) atoms. The van der Waals surface area contributed by atoms with Gasteiger partial charge < -0.3 is 10.1 Å².